The van der Waals surface area contributed by atoms with Gasteiger partial charge in [0.25, 0.3) is 0 Å². The highest BCUT2D eigenvalue weighted by Crippen LogP contribution is 2.20. The van der Waals surface area contributed by atoms with Gasteiger partial charge in [-0.05, 0) is 31.6 Å². The molecule has 5 heteroatoms. The van der Waals surface area contributed by atoms with Gasteiger partial charge in [-0.1, -0.05) is 11.6 Å². The zero-order chi connectivity index (χ0) is 15.7. The molecule has 5 nitrogen and oxygen atoms in total. The van der Waals surface area contributed by atoms with Crippen molar-refractivity contribution < 1.29 is 19.4 Å². The minimum atomic E-state index is -0.559. The summed E-state index contributed by atoms with van der Waals surface area (Å²) in [6.07, 6.45) is 3.07. The van der Waals surface area contributed by atoms with Crippen molar-refractivity contribution in [3.8, 4) is 5.75 Å². The Hall–Kier alpha value is -1.85. The van der Waals surface area contributed by atoms with Crippen LogP contribution in [0.3, 0.4) is 0 Å². The maximum atomic E-state index is 11.7. The number of benzene rings is 1. The van der Waals surface area contributed by atoms with Crippen LogP contribution in [-0.4, -0.2) is 44.5 Å². The molecule has 1 unspecified atom stereocenters. The Morgan fingerprint density at radius 2 is 2.19 bits per heavy atom. The fraction of sp³-hybridized carbons (Fsp3) is 0.438. The van der Waals surface area contributed by atoms with Gasteiger partial charge in [-0.2, -0.15) is 0 Å². The summed E-state index contributed by atoms with van der Waals surface area (Å²) >= 11 is 0. The number of carbonyl (C=O) groups is 1. The van der Waals surface area contributed by atoms with Gasteiger partial charge < -0.3 is 19.9 Å². The number of ether oxygens (including phenoxy) is 2. The lowest BCUT2D eigenvalue weighted by Crippen LogP contribution is -2.27. The Morgan fingerprint density at radius 3 is 2.86 bits per heavy atom. The van der Waals surface area contributed by atoms with Crippen molar-refractivity contribution in [2.45, 2.75) is 19.4 Å². The summed E-state index contributed by atoms with van der Waals surface area (Å²) in [5.74, 6) is 0.517. The summed E-state index contributed by atoms with van der Waals surface area (Å²) < 4.78 is 10.1. The number of nitrogens with one attached hydrogen (secondary N) is 1. The number of aryl methyl sites for hydroxylation is 1. The predicted molar refractivity (Wildman–Crippen MR) is 82.3 cm³/mol. The van der Waals surface area contributed by atoms with Crippen LogP contribution in [0, 0.1) is 6.92 Å². The second-order valence-corrected chi connectivity index (χ2v) is 4.77. The average molecular weight is 293 g/mol. The van der Waals surface area contributed by atoms with Crippen LogP contribution in [0.1, 0.15) is 17.5 Å². The van der Waals surface area contributed by atoms with E-state index in [4.69, 9.17) is 9.47 Å². The molecule has 1 atom stereocenters. The minimum Gasteiger partial charge on any atom is -0.496 e. The number of methoxy groups -OCH3 is 2. The molecule has 1 rings (SSSR count). The average Bonchev–Trinajstić information content (AvgIpc) is 2.45. The second-order valence-electron chi connectivity index (χ2n) is 4.77. The van der Waals surface area contributed by atoms with Crippen molar-refractivity contribution in [1.82, 2.24) is 5.32 Å². The van der Waals surface area contributed by atoms with Gasteiger partial charge in [0.1, 0.15) is 5.75 Å². The molecular weight excluding hydrogens is 270 g/mol. The molecule has 2 N–H and O–H groups in total. The molecule has 0 radical (unpaired) electrons. The first kappa shape index (κ1) is 17.2. The van der Waals surface area contributed by atoms with Gasteiger partial charge in [0.2, 0.25) is 5.91 Å². The molecule has 0 saturated heterocycles. The lowest BCUT2D eigenvalue weighted by atomic mass is 10.1. The molecule has 0 heterocycles. The Balaban J connectivity index is 2.49. The van der Waals surface area contributed by atoms with E-state index >= 15 is 0 Å². The van der Waals surface area contributed by atoms with E-state index in [1.54, 1.807) is 13.2 Å². The first-order valence-electron chi connectivity index (χ1n) is 6.84. The van der Waals surface area contributed by atoms with E-state index in [1.807, 2.05) is 25.1 Å². The van der Waals surface area contributed by atoms with Crippen LogP contribution in [0.25, 0.3) is 6.08 Å². The Kier molecular flexibility index (Phi) is 7.50. The molecule has 116 valence electrons. The van der Waals surface area contributed by atoms with Crippen molar-refractivity contribution in [2.24, 2.45) is 0 Å². The van der Waals surface area contributed by atoms with Crippen molar-refractivity contribution in [1.29, 1.82) is 0 Å². The van der Waals surface area contributed by atoms with E-state index in [9.17, 15) is 9.90 Å². The van der Waals surface area contributed by atoms with E-state index in [0.717, 1.165) is 16.9 Å². The molecule has 1 amide bonds. The largest absolute Gasteiger partial charge is 0.496 e. The second kappa shape index (κ2) is 9.15. The van der Waals surface area contributed by atoms with Crippen molar-refractivity contribution in [2.75, 3.05) is 27.4 Å². The summed E-state index contributed by atoms with van der Waals surface area (Å²) in [6.45, 7) is 2.65. The molecule has 0 aromatic heterocycles. The Morgan fingerprint density at radius 1 is 1.43 bits per heavy atom. The molecular formula is C16H23NO4. The maximum absolute atomic E-state index is 11.7. The standard InChI is InChI=1S/C16H23NO4/c1-12-4-6-15(21-3)13(10-12)5-7-16(19)17-9-8-14(18)11-20-2/h4-7,10,14,18H,8-9,11H2,1-3H3,(H,17,19)/b7-5+. The van der Waals surface area contributed by atoms with Crippen molar-refractivity contribution in [3.63, 3.8) is 0 Å². The topological polar surface area (TPSA) is 67.8 Å². The lowest BCUT2D eigenvalue weighted by Gasteiger charge is -2.09. The van der Waals surface area contributed by atoms with Crippen molar-refractivity contribution >= 4 is 12.0 Å². The molecule has 1 aromatic rings. The van der Waals surface area contributed by atoms with Gasteiger partial charge in [0.05, 0.1) is 19.8 Å². The number of hydrogen-bond acceptors (Lipinski definition) is 4. The number of amides is 1. The quantitative estimate of drug-likeness (QED) is 0.713. The zero-order valence-electron chi connectivity index (χ0n) is 12.8. The molecule has 0 spiro atoms. The van der Waals surface area contributed by atoms with Crippen LogP contribution in [0.15, 0.2) is 24.3 Å². The first-order chi connectivity index (χ1) is 10.1. The van der Waals surface area contributed by atoms with Gasteiger partial charge in [-0.3, -0.25) is 4.79 Å². The monoisotopic (exact) mass is 293 g/mol. The normalized spacial score (nSPS) is 12.4. The van der Waals surface area contributed by atoms with Gasteiger partial charge in [0.15, 0.2) is 0 Å². The summed E-state index contributed by atoms with van der Waals surface area (Å²) in [5, 5.41) is 12.2. The van der Waals surface area contributed by atoms with Gasteiger partial charge in [-0.25, -0.2) is 0 Å². The molecule has 0 aliphatic carbocycles. The third-order valence-corrected chi connectivity index (χ3v) is 2.94. The third kappa shape index (κ3) is 6.42. The summed E-state index contributed by atoms with van der Waals surface area (Å²) in [5.41, 5.74) is 1.95. The fourth-order valence-electron chi connectivity index (χ4n) is 1.85. The van der Waals surface area contributed by atoms with Crippen LogP contribution >= 0.6 is 0 Å². The molecule has 0 bridgehead atoms. The van der Waals surface area contributed by atoms with Gasteiger partial charge in [-0.15, -0.1) is 0 Å². The Bertz CT molecular complexity index is 485. The summed E-state index contributed by atoms with van der Waals surface area (Å²) in [6, 6.07) is 5.77. The molecule has 21 heavy (non-hydrogen) atoms. The van der Waals surface area contributed by atoms with E-state index in [1.165, 1.54) is 13.2 Å². The maximum Gasteiger partial charge on any atom is 0.244 e. The van der Waals surface area contributed by atoms with Crippen LogP contribution in [0.5, 0.6) is 5.75 Å². The highest BCUT2D eigenvalue weighted by molar-refractivity contribution is 5.92. The minimum absolute atomic E-state index is 0.205. The van der Waals surface area contributed by atoms with Crippen molar-refractivity contribution in [3.05, 3.63) is 35.4 Å². The van der Waals surface area contributed by atoms with E-state index in [-0.39, 0.29) is 12.5 Å². The number of aliphatic hydroxyl groups is 1. The SMILES string of the molecule is COCC(O)CCNC(=O)/C=C/c1cc(C)ccc1OC. The van der Waals surface area contributed by atoms with Gasteiger partial charge in [0, 0.05) is 25.3 Å². The number of hydrogen-bond donors (Lipinski definition) is 2. The molecule has 0 aliphatic rings. The Labute approximate surface area is 125 Å². The summed E-state index contributed by atoms with van der Waals surface area (Å²) in [4.78, 5) is 11.7. The highest BCUT2D eigenvalue weighted by Gasteiger charge is 2.04. The third-order valence-electron chi connectivity index (χ3n) is 2.94. The van der Waals surface area contributed by atoms with Crippen LogP contribution in [0.2, 0.25) is 0 Å². The molecule has 0 aliphatic heterocycles. The van der Waals surface area contributed by atoms with Crippen LogP contribution in [0.4, 0.5) is 0 Å². The number of aliphatic hydroxyl groups excluding tert-OH is 1. The molecule has 0 saturated carbocycles. The molecule has 1 aromatic carbocycles. The zero-order valence-corrected chi connectivity index (χ0v) is 12.8. The lowest BCUT2D eigenvalue weighted by molar-refractivity contribution is -0.116. The summed E-state index contributed by atoms with van der Waals surface area (Å²) in [7, 11) is 3.12. The number of carbonyl (C=O) groups excluding carboxylic acids is 1. The smallest absolute Gasteiger partial charge is 0.244 e. The van der Waals surface area contributed by atoms with E-state index < -0.39 is 6.10 Å². The fourth-order valence-corrected chi connectivity index (χ4v) is 1.85. The van der Waals surface area contributed by atoms with Crippen LogP contribution < -0.4 is 10.1 Å². The van der Waals surface area contributed by atoms with E-state index in [2.05, 4.69) is 5.32 Å². The van der Waals surface area contributed by atoms with E-state index in [0.29, 0.717) is 13.0 Å². The first-order valence-corrected chi connectivity index (χ1v) is 6.84. The van der Waals surface area contributed by atoms with Gasteiger partial charge >= 0.3 is 0 Å². The van der Waals surface area contributed by atoms with Crippen LogP contribution in [-0.2, 0) is 9.53 Å². The number of rotatable bonds is 8. The predicted octanol–water partition coefficient (Wildman–Crippen LogP) is 1.53. The highest BCUT2D eigenvalue weighted by atomic mass is 16.5. The molecule has 0 fully saturated rings.